The summed E-state index contributed by atoms with van der Waals surface area (Å²) in [6, 6.07) is 4.77. The third-order valence-corrected chi connectivity index (χ3v) is 3.87. The normalized spacial score (nSPS) is 10.8. The van der Waals surface area contributed by atoms with Gasteiger partial charge in [-0.05, 0) is 18.2 Å². The summed E-state index contributed by atoms with van der Waals surface area (Å²) in [7, 11) is 0. The van der Waals surface area contributed by atoms with Gasteiger partial charge < -0.3 is 10.4 Å². The highest BCUT2D eigenvalue weighted by Gasteiger charge is 2.14. The van der Waals surface area contributed by atoms with Gasteiger partial charge in [-0.1, -0.05) is 23.2 Å². The molecule has 2 N–H and O–H groups in total. The monoisotopic (exact) mass is 340 g/mol. The van der Waals surface area contributed by atoms with E-state index in [-0.39, 0.29) is 10.6 Å². The molecule has 0 bridgehead atoms. The van der Waals surface area contributed by atoms with E-state index in [2.05, 4.69) is 19.0 Å². The Labute approximate surface area is 132 Å². The van der Waals surface area contributed by atoms with Gasteiger partial charge in [0, 0.05) is 6.20 Å². The van der Waals surface area contributed by atoms with Crippen molar-refractivity contribution in [3.63, 3.8) is 0 Å². The Bertz CT molecular complexity index is 852. The average molecular weight is 341 g/mol. The Morgan fingerprint density at radius 1 is 1.24 bits per heavy atom. The SMILES string of the molecule is O=C(O)c1cc(Nc2c(Cl)ccc3nsnc23)ncc1Cl. The molecule has 0 saturated heterocycles. The van der Waals surface area contributed by atoms with Gasteiger partial charge in [0.15, 0.2) is 0 Å². The van der Waals surface area contributed by atoms with Crippen molar-refractivity contribution in [1.29, 1.82) is 0 Å². The number of benzene rings is 1. The van der Waals surface area contributed by atoms with Crippen LogP contribution >= 0.6 is 34.9 Å². The van der Waals surface area contributed by atoms with E-state index < -0.39 is 5.97 Å². The van der Waals surface area contributed by atoms with Crippen LogP contribution in [-0.4, -0.2) is 24.8 Å². The summed E-state index contributed by atoms with van der Waals surface area (Å²) in [5, 5.41) is 12.5. The minimum atomic E-state index is -1.13. The standard InChI is InChI=1S/C12H6Cl2N4O2S/c13-6-1-2-8-11(18-21-17-8)10(6)16-9-3-5(12(19)20)7(14)4-15-9/h1-4H,(H,15,16)(H,19,20). The molecule has 0 saturated carbocycles. The Morgan fingerprint density at radius 2 is 2.05 bits per heavy atom. The van der Waals surface area contributed by atoms with Crippen LogP contribution in [0.5, 0.6) is 0 Å². The number of hydrogen-bond donors (Lipinski definition) is 2. The first kappa shape index (κ1) is 14.0. The van der Waals surface area contributed by atoms with E-state index in [4.69, 9.17) is 28.3 Å². The van der Waals surface area contributed by atoms with Crippen LogP contribution in [0.25, 0.3) is 11.0 Å². The van der Waals surface area contributed by atoms with Crippen LogP contribution in [0.4, 0.5) is 11.5 Å². The fourth-order valence-corrected chi connectivity index (χ4v) is 2.67. The highest BCUT2D eigenvalue weighted by atomic mass is 35.5. The first-order valence-electron chi connectivity index (χ1n) is 5.63. The number of carboxylic acids is 1. The molecule has 106 valence electrons. The molecule has 0 atom stereocenters. The van der Waals surface area contributed by atoms with Gasteiger partial charge in [0.25, 0.3) is 0 Å². The van der Waals surface area contributed by atoms with E-state index in [1.807, 2.05) is 0 Å². The van der Waals surface area contributed by atoms with Gasteiger partial charge in [-0.2, -0.15) is 8.75 Å². The predicted molar refractivity (Wildman–Crippen MR) is 81.9 cm³/mol. The molecule has 0 aliphatic carbocycles. The van der Waals surface area contributed by atoms with E-state index in [1.165, 1.54) is 12.3 Å². The quantitative estimate of drug-likeness (QED) is 0.753. The van der Waals surface area contributed by atoms with Gasteiger partial charge in [-0.25, -0.2) is 9.78 Å². The number of aromatic carboxylic acids is 1. The van der Waals surface area contributed by atoms with Crippen LogP contribution in [0.2, 0.25) is 10.0 Å². The zero-order valence-corrected chi connectivity index (χ0v) is 12.5. The summed E-state index contributed by atoms with van der Waals surface area (Å²) in [6.07, 6.45) is 1.26. The first-order chi connectivity index (χ1) is 10.1. The second-order valence-corrected chi connectivity index (χ2v) is 5.38. The smallest absolute Gasteiger partial charge is 0.337 e. The van der Waals surface area contributed by atoms with E-state index in [0.717, 1.165) is 11.7 Å². The number of pyridine rings is 1. The second kappa shape index (κ2) is 5.44. The fourth-order valence-electron chi connectivity index (χ4n) is 1.74. The van der Waals surface area contributed by atoms with E-state index in [0.29, 0.717) is 27.6 Å². The van der Waals surface area contributed by atoms with Crippen LogP contribution in [-0.2, 0) is 0 Å². The fraction of sp³-hybridized carbons (Fsp3) is 0. The third kappa shape index (κ3) is 2.63. The number of aromatic nitrogens is 3. The van der Waals surface area contributed by atoms with E-state index in [9.17, 15) is 4.79 Å². The molecule has 0 aliphatic rings. The topological polar surface area (TPSA) is 88.0 Å². The summed E-state index contributed by atoms with van der Waals surface area (Å²) < 4.78 is 8.28. The molecule has 0 radical (unpaired) electrons. The van der Waals surface area contributed by atoms with Gasteiger partial charge in [-0.15, -0.1) is 0 Å². The van der Waals surface area contributed by atoms with Crippen LogP contribution < -0.4 is 5.32 Å². The van der Waals surface area contributed by atoms with Crippen LogP contribution in [0.1, 0.15) is 10.4 Å². The van der Waals surface area contributed by atoms with Crippen molar-refractivity contribution in [2.45, 2.75) is 0 Å². The maximum atomic E-state index is 11.1. The van der Waals surface area contributed by atoms with E-state index in [1.54, 1.807) is 12.1 Å². The van der Waals surface area contributed by atoms with Crippen molar-refractivity contribution in [2.24, 2.45) is 0 Å². The number of carboxylic acid groups (broad SMARTS) is 1. The van der Waals surface area contributed by atoms with Crippen molar-refractivity contribution in [3.8, 4) is 0 Å². The molecule has 6 nitrogen and oxygen atoms in total. The summed E-state index contributed by atoms with van der Waals surface area (Å²) >= 11 is 13.0. The number of nitrogens with zero attached hydrogens (tertiary/aromatic N) is 3. The second-order valence-electron chi connectivity index (χ2n) is 4.03. The number of halogens is 2. The molecule has 3 rings (SSSR count). The Balaban J connectivity index is 2.06. The molecular formula is C12H6Cl2N4O2S. The summed E-state index contributed by atoms with van der Waals surface area (Å²) in [5.41, 5.74) is 1.77. The molecule has 21 heavy (non-hydrogen) atoms. The zero-order chi connectivity index (χ0) is 15.0. The molecule has 0 aliphatic heterocycles. The van der Waals surface area contributed by atoms with Gasteiger partial charge >= 0.3 is 5.97 Å². The van der Waals surface area contributed by atoms with Crippen molar-refractivity contribution in [2.75, 3.05) is 5.32 Å². The number of rotatable bonds is 3. The highest BCUT2D eigenvalue weighted by Crippen LogP contribution is 2.32. The Hall–Kier alpha value is -1.96. The maximum Gasteiger partial charge on any atom is 0.337 e. The molecule has 0 amide bonds. The lowest BCUT2D eigenvalue weighted by Gasteiger charge is -2.09. The minimum Gasteiger partial charge on any atom is -0.478 e. The molecule has 9 heteroatoms. The molecule has 0 unspecified atom stereocenters. The third-order valence-electron chi connectivity index (χ3n) is 2.72. The number of nitrogens with one attached hydrogen (secondary N) is 1. The van der Waals surface area contributed by atoms with Gasteiger partial charge in [0.1, 0.15) is 16.9 Å². The summed E-state index contributed by atoms with van der Waals surface area (Å²) in [5.74, 6) is -0.829. The molecule has 3 aromatic rings. The number of carbonyl (C=O) groups is 1. The molecule has 2 heterocycles. The largest absolute Gasteiger partial charge is 0.478 e. The molecule has 1 aromatic carbocycles. The van der Waals surface area contributed by atoms with Crippen molar-refractivity contribution in [3.05, 3.63) is 40.0 Å². The van der Waals surface area contributed by atoms with Gasteiger partial charge in [0.2, 0.25) is 0 Å². The first-order valence-corrected chi connectivity index (χ1v) is 7.11. The highest BCUT2D eigenvalue weighted by molar-refractivity contribution is 7.00. The molecule has 2 aromatic heterocycles. The van der Waals surface area contributed by atoms with Gasteiger partial charge in [0.05, 0.1) is 33.0 Å². The molecule has 0 spiro atoms. The zero-order valence-electron chi connectivity index (χ0n) is 10.2. The van der Waals surface area contributed by atoms with Crippen LogP contribution in [0, 0.1) is 0 Å². The Morgan fingerprint density at radius 3 is 2.81 bits per heavy atom. The van der Waals surface area contributed by atoms with Crippen molar-refractivity contribution >= 4 is 63.4 Å². The lowest BCUT2D eigenvalue weighted by Crippen LogP contribution is -2.02. The van der Waals surface area contributed by atoms with E-state index >= 15 is 0 Å². The van der Waals surface area contributed by atoms with Crippen LogP contribution in [0.3, 0.4) is 0 Å². The van der Waals surface area contributed by atoms with Crippen molar-refractivity contribution < 1.29 is 9.90 Å². The number of anilines is 2. The lowest BCUT2D eigenvalue weighted by molar-refractivity contribution is 0.0697. The number of hydrogen-bond acceptors (Lipinski definition) is 6. The molecule has 0 fully saturated rings. The lowest BCUT2D eigenvalue weighted by atomic mass is 10.2. The van der Waals surface area contributed by atoms with Crippen molar-refractivity contribution in [1.82, 2.24) is 13.7 Å². The summed E-state index contributed by atoms with van der Waals surface area (Å²) in [4.78, 5) is 15.1. The summed E-state index contributed by atoms with van der Waals surface area (Å²) in [6.45, 7) is 0. The van der Waals surface area contributed by atoms with Crippen LogP contribution in [0.15, 0.2) is 24.4 Å². The number of fused-ring (bicyclic) bond motifs is 1. The van der Waals surface area contributed by atoms with Gasteiger partial charge in [-0.3, -0.25) is 0 Å². The average Bonchev–Trinajstić information content (AvgIpc) is 2.92. The maximum absolute atomic E-state index is 11.1. The molecular weight excluding hydrogens is 335 g/mol. The minimum absolute atomic E-state index is 0.0473. The predicted octanol–water partition coefficient (Wildman–Crippen LogP) is 3.83. The Kier molecular flexibility index (Phi) is 3.62.